The van der Waals surface area contributed by atoms with Gasteiger partial charge in [0, 0.05) is 24.2 Å². The van der Waals surface area contributed by atoms with Crippen LogP contribution in [-0.4, -0.2) is 30.5 Å². The molecule has 0 aromatic heterocycles. The molecule has 1 amide bonds. The number of hydrogen-bond donors (Lipinski definition) is 1. The van der Waals surface area contributed by atoms with E-state index in [4.69, 9.17) is 4.74 Å². The van der Waals surface area contributed by atoms with Gasteiger partial charge in [-0.25, -0.2) is 4.79 Å². The van der Waals surface area contributed by atoms with E-state index >= 15 is 0 Å². The molecule has 0 aliphatic heterocycles. The maximum absolute atomic E-state index is 11.6. The Hall–Kier alpha value is -1.06. The molecule has 0 atom stereocenters. The number of carbonyl (C=O) groups excluding carboxylic acids is 1. The number of carbonyl (C=O) groups is 1. The van der Waals surface area contributed by atoms with E-state index in [1.807, 2.05) is 27.0 Å². The predicted molar refractivity (Wildman–Crippen MR) is 62.8 cm³/mol. The zero-order chi connectivity index (χ0) is 12.0. The normalized spacial score (nSPS) is 36.5. The van der Waals surface area contributed by atoms with Crippen LogP contribution in [0.25, 0.3) is 0 Å². The highest BCUT2D eigenvalue weighted by molar-refractivity contribution is 5.76. The fourth-order valence-electron chi connectivity index (χ4n) is 2.93. The van der Waals surface area contributed by atoms with Crippen molar-refractivity contribution >= 4 is 12.3 Å². The SMILES string of the molecule is C/N=C/C12CC(NC(=O)OC(C)(C)C)(C1)C2. The first-order valence-electron chi connectivity index (χ1n) is 5.73. The number of rotatable bonds is 2. The fourth-order valence-corrected chi connectivity index (χ4v) is 2.93. The van der Waals surface area contributed by atoms with Crippen molar-refractivity contribution in [3.63, 3.8) is 0 Å². The van der Waals surface area contributed by atoms with Gasteiger partial charge in [0.15, 0.2) is 0 Å². The molecule has 4 heteroatoms. The second kappa shape index (κ2) is 3.22. The molecule has 1 N–H and O–H groups in total. The van der Waals surface area contributed by atoms with E-state index in [1.54, 1.807) is 7.05 Å². The average Bonchev–Trinajstić information content (AvgIpc) is 1.94. The molecule has 3 rings (SSSR count). The van der Waals surface area contributed by atoms with Gasteiger partial charge in [-0.1, -0.05) is 0 Å². The van der Waals surface area contributed by atoms with Crippen molar-refractivity contribution in [2.75, 3.05) is 7.05 Å². The number of aliphatic imine (C=N–C) groups is 1. The van der Waals surface area contributed by atoms with Crippen molar-refractivity contribution in [3.05, 3.63) is 0 Å². The molecule has 3 aliphatic rings. The minimum Gasteiger partial charge on any atom is -0.444 e. The Morgan fingerprint density at radius 1 is 1.38 bits per heavy atom. The van der Waals surface area contributed by atoms with Gasteiger partial charge < -0.3 is 15.0 Å². The van der Waals surface area contributed by atoms with Crippen LogP contribution in [0.5, 0.6) is 0 Å². The zero-order valence-corrected chi connectivity index (χ0v) is 10.5. The Morgan fingerprint density at radius 2 is 1.94 bits per heavy atom. The van der Waals surface area contributed by atoms with Gasteiger partial charge in [0.2, 0.25) is 0 Å². The lowest BCUT2D eigenvalue weighted by molar-refractivity contribution is -0.0958. The third-order valence-corrected chi connectivity index (χ3v) is 3.24. The van der Waals surface area contributed by atoms with E-state index < -0.39 is 5.60 Å². The summed E-state index contributed by atoms with van der Waals surface area (Å²) >= 11 is 0. The molecule has 0 saturated heterocycles. The first kappa shape index (κ1) is 11.4. The number of nitrogens with one attached hydrogen (secondary N) is 1. The maximum atomic E-state index is 11.6. The van der Waals surface area contributed by atoms with E-state index in [9.17, 15) is 4.79 Å². The molecule has 16 heavy (non-hydrogen) atoms. The lowest BCUT2D eigenvalue weighted by Crippen LogP contribution is -2.75. The molecular weight excluding hydrogens is 204 g/mol. The van der Waals surface area contributed by atoms with Crippen LogP contribution in [0.1, 0.15) is 40.0 Å². The van der Waals surface area contributed by atoms with Gasteiger partial charge in [0.1, 0.15) is 5.60 Å². The smallest absolute Gasteiger partial charge is 0.408 e. The van der Waals surface area contributed by atoms with Crippen molar-refractivity contribution in [1.82, 2.24) is 5.32 Å². The third kappa shape index (κ3) is 1.93. The van der Waals surface area contributed by atoms with Crippen LogP contribution in [0, 0.1) is 5.41 Å². The lowest BCUT2D eigenvalue weighted by Gasteiger charge is -2.68. The largest absolute Gasteiger partial charge is 0.444 e. The topological polar surface area (TPSA) is 50.7 Å². The lowest BCUT2D eigenvalue weighted by atomic mass is 9.40. The van der Waals surface area contributed by atoms with Crippen LogP contribution in [0.2, 0.25) is 0 Å². The number of amides is 1. The number of hydrogen-bond acceptors (Lipinski definition) is 3. The summed E-state index contributed by atoms with van der Waals surface area (Å²) in [5.74, 6) is 0. The number of alkyl carbamates (subject to hydrolysis) is 1. The highest BCUT2D eigenvalue weighted by atomic mass is 16.6. The van der Waals surface area contributed by atoms with Crippen molar-refractivity contribution in [3.8, 4) is 0 Å². The molecule has 0 spiro atoms. The van der Waals surface area contributed by atoms with E-state index in [0.717, 1.165) is 19.3 Å². The Morgan fingerprint density at radius 3 is 2.38 bits per heavy atom. The van der Waals surface area contributed by atoms with E-state index in [-0.39, 0.29) is 17.0 Å². The van der Waals surface area contributed by atoms with Crippen LogP contribution in [-0.2, 0) is 4.74 Å². The van der Waals surface area contributed by atoms with Gasteiger partial charge in [0.25, 0.3) is 0 Å². The Kier molecular flexibility index (Phi) is 2.30. The average molecular weight is 224 g/mol. The first-order valence-corrected chi connectivity index (χ1v) is 5.73. The van der Waals surface area contributed by atoms with Crippen molar-refractivity contribution in [1.29, 1.82) is 0 Å². The molecule has 3 fully saturated rings. The Labute approximate surface area is 96.5 Å². The summed E-state index contributed by atoms with van der Waals surface area (Å²) in [5.41, 5.74) is -0.135. The molecule has 90 valence electrons. The second-order valence-corrected chi connectivity index (χ2v) is 6.19. The van der Waals surface area contributed by atoms with Crippen LogP contribution in [0.15, 0.2) is 4.99 Å². The molecule has 2 bridgehead atoms. The van der Waals surface area contributed by atoms with Gasteiger partial charge in [0.05, 0.1) is 0 Å². The molecular formula is C12H20N2O2. The van der Waals surface area contributed by atoms with Crippen LogP contribution < -0.4 is 5.32 Å². The Balaban J connectivity index is 1.80. The van der Waals surface area contributed by atoms with Gasteiger partial charge in [-0.3, -0.25) is 0 Å². The third-order valence-electron chi connectivity index (χ3n) is 3.24. The summed E-state index contributed by atoms with van der Waals surface area (Å²) in [6.07, 6.45) is 4.75. The minimum absolute atomic E-state index is 0.00350. The fraction of sp³-hybridized carbons (Fsp3) is 0.833. The number of nitrogens with zero attached hydrogens (tertiary/aromatic N) is 1. The highest BCUT2D eigenvalue weighted by Gasteiger charge is 2.68. The van der Waals surface area contributed by atoms with Crippen LogP contribution in [0.4, 0.5) is 4.79 Å². The monoisotopic (exact) mass is 224 g/mol. The second-order valence-electron chi connectivity index (χ2n) is 6.19. The zero-order valence-electron chi connectivity index (χ0n) is 10.5. The molecule has 0 radical (unpaired) electrons. The maximum Gasteiger partial charge on any atom is 0.408 e. The van der Waals surface area contributed by atoms with Crippen molar-refractivity contribution < 1.29 is 9.53 Å². The molecule has 0 aromatic rings. The van der Waals surface area contributed by atoms with E-state index in [1.165, 1.54) is 0 Å². The van der Waals surface area contributed by atoms with E-state index in [0.29, 0.717) is 0 Å². The summed E-state index contributed by atoms with van der Waals surface area (Å²) in [6.45, 7) is 5.62. The van der Waals surface area contributed by atoms with Crippen molar-refractivity contribution in [2.24, 2.45) is 10.4 Å². The summed E-state index contributed by atoms with van der Waals surface area (Å²) in [6, 6.07) is 0. The highest BCUT2D eigenvalue weighted by Crippen LogP contribution is 2.66. The molecule has 0 heterocycles. The van der Waals surface area contributed by atoms with Gasteiger partial charge in [-0.15, -0.1) is 0 Å². The summed E-state index contributed by atoms with van der Waals surface area (Å²) in [7, 11) is 1.80. The van der Waals surface area contributed by atoms with Crippen LogP contribution >= 0.6 is 0 Å². The van der Waals surface area contributed by atoms with Gasteiger partial charge in [-0.2, -0.15) is 0 Å². The summed E-state index contributed by atoms with van der Waals surface area (Å²) in [4.78, 5) is 15.7. The summed E-state index contributed by atoms with van der Waals surface area (Å²) in [5, 5.41) is 2.98. The molecule has 0 aromatic carbocycles. The molecule has 0 unspecified atom stereocenters. The van der Waals surface area contributed by atoms with Crippen molar-refractivity contribution in [2.45, 2.75) is 51.2 Å². The molecule has 4 nitrogen and oxygen atoms in total. The van der Waals surface area contributed by atoms with Crippen LogP contribution in [0.3, 0.4) is 0 Å². The molecule has 3 saturated carbocycles. The van der Waals surface area contributed by atoms with E-state index in [2.05, 4.69) is 10.3 Å². The van der Waals surface area contributed by atoms with Gasteiger partial charge >= 0.3 is 6.09 Å². The standard InChI is InChI=1S/C12H20N2O2/c1-10(2,3)16-9(15)14-12-5-11(6-12,7-12)8-13-4/h8H,5-7H2,1-4H3,(H,14,15)/b13-8+. The molecule has 3 aliphatic carbocycles. The Bertz CT molecular complexity index is 322. The number of ether oxygens (including phenoxy) is 1. The quantitative estimate of drug-likeness (QED) is 0.730. The van der Waals surface area contributed by atoms with Gasteiger partial charge in [-0.05, 0) is 40.0 Å². The predicted octanol–water partition coefficient (Wildman–Crippen LogP) is 2.13. The minimum atomic E-state index is -0.420. The first-order chi connectivity index (χ1) is 7.28. The summed E-state index contributed by atoms with van der Waals surface area (Å²) < 4.78 is 5.24.